The van der Waals surface area contributed by atoms with Gasteiger partial charge in [-0.3, -0.25) is 0 Å². The second kappa shape index (κ2) is 5.93. The van der Waals surface area contributed by atoms with Gasteiger partial charge in [-0.25, -0.2) is 0 Å². The van der Waals surface area contributed by atoms with Gasteiger partial charge in [0, 0.05) is 0 Å². The molecule has 47 valence electrons. The third-order valence-electron chi connectivity index (χ3n) is 1.24. The summed E-state index contributed by atoms with van der Waals surface area (Å²) in [4.78, 5) is 0. The summed E-state index contributed by atoms with van der Waals surface area (Å²) in [6.45, 7) is 4.59. The van der Waals surface area contributed by atoms with Crippen LogP contribution < -0.4 is 0 Å². The van der Waals surface area contributed by atoms with Crippen LogP contribution in [0.4, 0.5) is 0 Å². The van der Waals surface area contributed by atoms with Crippen LogP contribution in [0.15, 0.2) is 0 Å². The van der Waals surface area contributed by atoms with E-state index in [4.69, 9.17) is 0 Å². The Labute approximate surface area is 66.1 Å². The minimum absolute atomic E-state index is 0.994. The molecule has 0 heterocycles. The molecule has 0 spiro atoms. The standard InChI is InChI=1S/C7H15.Sn/c1-3-5-7-6-4-2;/h3H,4-7H2,1-2H3;. The monoisotopic (exact) mass is 219 g/mol. The van der Waals surface area contributed by atoms with E-state index >= 15 is 0 Å². The Bertz CT molecular complexity index is 41.7. The van der Waals surface area contributed by atoms with Crippen molar-refractivity contribution in [1.29, 1.82) is 0 Å². The van der Waals surface area contributed by atoms with Gasteiger partial charge < -0.3 is 0 Å². The second-order valence-electron chi connectivity index (χ2n) is 2.40. The Balaban J connectivity index is 2.72. The first-order valence-corrected chi connectivity index (χ1v) is 5.13. The van der Waals surface area contributed by atoms with Gasteiger partial charge in [0.25, 0.3) is 0 Å². The molecule has 0 fully saturated rings. The number of hydrogen-bond acceptors (Lipinski definition) is 0. The predicted octanol–water partition coefficient (Wildman–Crippen LogP) is 2.54. The van der Waals surface area contributed by atoms with Crippen molar-refractivity contribution < 1.29 is 0 Å². The Morgan fingerprint density at radius 2 is 2.00 bits per heavy atom. The molecule has 0 aromatic rings. The number of unbranched alkanes of at least 4 members (excludes halogenated alkanes) is 2. The molecule has 0 nitrogen and oxygen atoms in total. The summed E-state index contributed by atoms with van der Waals surface area (Å²) in [5, 5.41) is 0. The number of rotatable bonds is 4. The van der Waals surface area contributed by atoms with Crippen LogP contribution in [0, 0.1) is 0 Å². The molecule has 0 aliphatic heterocycles. The zero-order valence-electron chi connectivity index (χ0n) is 5.91. The summed E-state index contributed by atoms with van der Waals surface area (Å²) >= 11 is 1.70. The van der Waals surface area contributed by atoms with Gasteiger partial charge in [-0.05, 0) is 0 Å². The fraction of sp³-hybridized carbons (Fsp3) is 1.00. The van der Waals surface area contributed by atoms with Crippen LogP contribution in [0.1, 0.15) is 39.5 Å². The van der Waals surface area contributed by atoms with Gasteiger partial charge in [0.05, 0.1) is 0 Å². The molecule has 0 rings (SSSR count). The summed E-state index contributed by atoms with van der Waals surface area (Å²) < 4.78 is 0.994. The first-order chi connectivity index (χ1) is 3.77. The van der Waals surface area contributed by atoms with E-state index in [0.29, 0.717) is 0 Å². The van der Waals surface area contributed by atoms with Gasteiger partial charge in [0.1, 0.15) is 0 Å². The van der Waals surface area contributed by atoms with E-state index in [1.165, 1.54) is 25.7 Å². The molecule has 3 radical (unpaired) electrons. The number of hydrogen-bond donors (Lipinski definition) is 0. The Morgan fingerprint density at radius 3 is 2.38 bits per heavy atom. The van der Waals surface area contributed by atoms with Crippen LogP contribution in [0.5, 0.6) is 0 Å². The van der Waals surface area contributed by atoms with Crippen molar-refractivity contribution in [2.75, 3.05) is 0 Å². The molecule has 0 bridgehead atoms. The molecular weight excluding hydrogens is 203 g/mol. The summed E-state index contributed by atoms with van der Waals surface area (Å²) in [7, 11) is 0. The van der Waals surface area contributed by atoms with E-state index in [0.717, 1.165) is 3.93 Å². The third-order valence-corrected chi connectivity index (χ3v) is 2.06. The van der Waals surface area contributed by atoms with Gasteiger partial charge in [0.2, 0.25) is 0 Å². The maximum atomic E-state index is 2.33. The fourth-order valence-electron chi connectivity index (χ4n) is 0.701. The average molecular weight is 218 g/mol. The van der Waals surface area contributed by atoms with Crippen LogP contribution in [-0.2, 0) is 0 Å². The van der Waals surface area contributed by atoms with E-state index < -0.39 is 0 Å². The molecule has 1 atom stereocenters. The molecule has 1 heteroatoms. The van der Waals surface area contributed by atoms with Crippen molar-refractivity contribution in [1.82, 2.24) is 0 Å². The summed E-state index contributed by atoms with van der Waals surface area (Å²) in [6.07, 6.45) is 5.69. The molecule has 8 heavy (non-hydrogen) atoms. The Morgan fingerprint density at radius 1 is 1.38 bits per heavy atom. The van der Waals surface area contributed by atoms with Crippen LogP contribution >= 0.6 is 0 Å². The van der Waals surface area contributed by atoms with E-state index in [2.05, 4.69) is 13.8 Å². The second-order valence-corrected chi connectivity index (χ2v) is 5.21. The quantitative estimate of drug-likeness (QED) is 0.502. The maximum absolute atomic E-state index is 2.33. The van der Waals surface area contributed by atoms with Gasteiger partial charge >= 0.3 is 66.0 Å². The van der Waals surface area contributed by atoms with Gasteiger partial charge in [-0.2, -0.15) is 0 Å². The fourth-order valence-corrected chi connectivity index (χ4v) is 1.28. The molecule has 1 unspecified atom stereocenters. The molecule has 0 aliphatic carbocycles. The van der Waals surface area contributed by atoms with Crippen LogP contribution in [0.25, 0.3) is 0 Å². The van der Waals surface area contributed by atoms with Crippen molar-refractivity contribution in [2.24, 2.45) is 0 Å². The zero-order chi connectivity index (χ0) is 6.41. The molecule has 0 aromatic heterocycles. The summed E-state index contributed by atoms with van der Waals surface area (Å²) in [5.74, 6) is 0. The SMILES string of the molecule is CCCCC[CH](C)[Sn]. The average Bonchev–Trinajstić information content (AvgIpc) is 1.66. The van der Waals surface area contributed by atoms with Gasteiger partial charge in [0.15, 0.2) is 0 Å². The first kappa shape index (κ1) is 8.80. The van der Waals surface area contributed by atoms with Crippen molar-refractivity contribution in [3.63, 3.8) is 0 Å². The van der Waals surface area contributed by atoms with Crippen LogP contribution in [-0.4, -0.2) is 22.5 Å². The minimum atomic E-state index is 0.994. The Kier molecular flexibility index (Phi) is 6.52. The molecule has 0 aliphatic rings. The van der Waals surface area contributed by atoms with Crippen molar-refractivity contribution in [3.8, 4) is 0 Å². The Hall–Kier alpha value is 0.799. The van der Waals surface area contributed by atoms with E-state index in [9.17, 15) is 0 Å². The molecular formula is C7H15Sn. The summed E-state index contributed by atoms with van der Waals surface area (Å²) in [6, 6.07) is 0. The van der Waals surface area contributed by atoms with Crippen molar-refractivity contribution >= 4 is 22.5 Å². The topological polar surface area (TPSA) is 0 Å². The first-order valence-electron chi connectivity index (χ1n) is 3.48. The van der Waals surface area contributed by atoms with Crippen molar-refractivity contribution in [3.05, 3.63) is 0 Å². The normalized spacial score (nSPS) is 13.9. The summed E-state index contributed by atoms with van der Waals surface area (Å²) in [5.41, 5.74) is 0. The van der Waals surface area contributed by atoms with Crippen molar-refractivity contribution in [2.45, 2.75) is 43.5 Å². The predicted molar refractivity (Wildman–Crippen MR) is 39.3 cm³/mol. The van der Waals surface area contributed by atoms with Crippen LogP contribution in [0.3, 0.4) is 0 Å². The van der Waals surface area contributed by atoms with E-state index in [-0.39, 0.29) is 0 Å². The molecule has 0 aromatic carbocycles. The van der Waals surface area contributed by atoms with Crippen LogP contribution in [0.2, 0.25) is 3.93 Å². The molecule has 0 saturated carbocycles. The van der Waals surface area contributed by atoms with Gasteiger partial charge in [-0.15, -0.1) is 0 Å². The zero-order valence-corrected chi connectivity index (χ0v) is 8.76. The molecule has 0 N–H and O–H groups in total. The van der Waals surface area contributed by atoms with Gasteiger partial charge in [-0.1, -0.05) is 0 Å². The molecule has 0 saturated heterocycles. The third kappa shape index (κ3) is 6.80. The molecule has 0 amide bonds. The van der Waals surface area contributed by atoms with E-state index in [1.807, 2.05) is 0 Å². The van der Waals surface area contributed by atoms with E-state index in [1.54, 1.807) is 22.5 Å².